The minimum absolute atomic E-state index is 0.192. The van der Waals surface area contributed by atoms with Gasteiger partial charge < -0.3 is 15.1 Å². The van der Waals surface area contributed by atoms with Crippen LogP contribution in [0.2, 0.25) is 0 Å². The zero-order valence-corrected chi connectivity index (χ0v) is 14.1. The highest BCUT2D eigenvalue weighted by Gasteiger charge is 2.46. The Morgan fingerprint density at radius 1 is 1.04 bits per heavy atom. The maximum absolute atomic E-state index is 13.7. The third-order valence-electron chi connectivity index (χ3n) is 4.32. The first-order chi connectivity index (χ1) is 12.9. The standard InChI is InChI=1S/C20H16FNO5/c21-14-8-4-7-13(11-14)17-16(18(25)12-5-2-1-3-6-12)19(26)20(27)22(17)10-9-15(23)24/h1-8,11,17,25H,9-10H2,(H,23,24)/t17-/m0/s1. The molecule has 0 aliphatic carbocycles. The molecule has 3 rings (SSSR count). The fourth-order valence-corrected chi connectivity index (χ4v) is 3.10. The number of halogens is 1. The molecule has 1 aliphatic rings. The first kappa shape index (κ1) is 18.3. The normalized spacial score (nSPS) is 18.7. The average molecular weight is 369 g/mol. The molecule has 0 bridgehead atoms. The maximum atomic E-state index is 13.7. The van der Waals surface area contributed by atoms with Gasteiger partial charge in [-0.3, -0.25) is 14.4 Å². The van der Waals surface area contributed by atoms with Crippen LogP contribution in [0.1, 0.15) is 23.6 Å². The van der Waals surface area contributed by atoms with Crippen molar-refractivity contribution in [3.8, 4) is 0 Å². The van der Waals surface area contributed by atoms with Crippen molar-refractivity contribution in [2.75, 3.05) is 6.54 Å². The largest absolute Gasteiger partial charge is 0.507 e. The Kier molecular flexibility index (Phi) is 5.03. The van der Waals surface area contributed by atoms with E-state index in [2.05, 4.69) is 0 Å². The number of likely N-dealkylation sites (tertiary alicyclic amines) is 1. The Morgan fingerprint density at radius 2 is 1.74 bits per heavy atom. The van der Waals surface area contributed by atoms with Crippen molar-refractivity contribution in [1.29, 1.82) is 0 Å². The number of aliphatic hydroxyl groups excluding tert-OH is 1. The van der Waals surface area contributed by atoms with Gasteiger partial charge in [0, 0.05) is 12.1 Å². The Morgan fingerprint density at radius 3 is 2.37 bits per heavy atom. The molecule has 2 N–H and O–H groups in total. The third-order valence-corrected chi connectivity index (χ3v) is 4.32. The van der Waals surface area contributed by atoms with E-state index in [4.69, 9.17) is 5.11 Å². The number of hydrogen-bond acceptors (Lipinski definition) is 4. The van der Waals surface area contributed by atoms with E-state index < -0.39 is 29.5 Å². The third kappa shape index (κ3) is 3.57. The van der Waals surface area contributed by atoms with Crippen LogP contribution in [-0.2, 0) is 14.4 Å². The summed E-state index contributed by atoms with van der Waals surface area (Å²) in [5.41, 5.74) is 0.411. The van der Waals surface area contributed by atoms with Gasteiger partial charge in [0.15, 0.2) is 0 Å². The summed E-state index contributed by atoms with van der Waals surface area (Å²) < 4.78 is 13.7. The molecule has 1 amide bonds. The summed E-state index contributed by atoms with van der Waals surface area (Å²) in [6.45, 7) is -0.243. The summed E-state index contributed by atoms with van der Waals surface area (Å²) >= 11 is 0. The monoisotopic (exact) mass is 369 g/mol. The lowest BCUT2D eigenvalue weighted by atomic mass is 9.95. The molecule has 0 saturated carbocycles. The number of aliphatic hydroxyl groups is 1. The summed E-state index contributed by atoms with van der Waals surface area (Å²) in [5, 5.41) is 19.6. The summed E-state index contributed by atoms with van der Waals surface area (Å²) in [4.78, 5) is 37.1. The van der Waals surface area contributed by atoms with Gasteiger partial charge in [0.05, 0.1) is 18.0 Å². The summed E-state index contributed by atoms with van der Waals surface area (Å²) in [7, 11) is 0. The molecule has 6 nitrogen and oxygen atoms in total. The molecule has 1 aliphatic heterocycles. The van der Waals surface area contributed by atoms with Gasteiger partial charge in [-0.05, 0) is 17.7 Å². The van der Waals surface area contributed by atoms with Crippen molar-refractivity contribution in [3.63, 3.8) is 0 Å². The van der Waals surface area contributed by atoms with E-state index in [1.54, 1.807) is 30.3 Å². The first-order valence-corrected chi connectivity index (χ1v) is 8.21. The Labute approximate surface area is 154 Å². The molecule has 0 spiro atoms. The van der Waals surface area contributed by atoms with E-state index in [0.717, 1.165) is 11.0 Å². The second kappa shape index (κ2) is 7.41. The Balaban J connectivity index is 2.16. The van der Waals surface area contributed by atoms with Gasteiger partial charge in [0.1, 0.15) is 11.6 Å². The number of nitrogens with zero attached hydrogens (tertiary/aromatic N) is 1. The molecule has 1 atom stereocenters. The average Bonchev–Trinajstić information content (AvgIpc) is 2.91. The molecule has 138 valence electrons. The molecule has 1 heterocycles. The summed E-state index contributed by atoms with van der Waals surface area (Å²) in [6.07, 6.45) is -0.385. The lowest BCUT2D eigenvalue weighted by Crippen LogP contribution is -2.31. The molecular formula is C20H16FNO5. The molecule has 1 fully saturated rings. The van der Waals surface area contributed by atoms with E-state index in [1.807, 2.05) is 0 Å². The Bertz CT molecular complexity index is 938. The van der Waals surface area contributed by atoms with Gasteiger partial charge in [0.2, 0.25) is 0 Å². The van der Waals surface area contributed by atoms with Crippen LogP contribution < -0.4 is 0 Å². The molecule has 0 radical (unpaired) electrons. The first-order valence-electron chi connectivity index (χ1n) is 8.21. The summed E-state index contributed by atoms with van der Waals surface area (Å²) in [5.74, 6) is -3.96. The van der Waals surface area contributed by atoms with Crippen LogP contribution in [0.25, 0.3) is 5.76 Å². The number of carbonyl (C=O) groups is 3. The lowest BCUT2D eigenvalue weighted by molar-refractivity contribution is -0.142. The van der Waals surface area contributed by atoms with Gasteiger partial charge in [-0.2, -0.15) is 0 Å². The number of Topliss-reactive ketones (excluding diaryl/α,β-unsaturated/α-hetero) is 1. The molecule has 7 heteroatoms. The fourth-order valence-electron chi connectivity index (χ4n) is 3.10. The highest BCUT2D eigenvalue weighted by atomic mass is 19.1. The lowest BCUT2D eigenvalue weighted by Gasteiger charge is -2.24. The van der Waals surface area contributed by atoms with E-state index in [0.29, 0.717) is 5.56 Å². The van der Waals surface area contributed by atoms with Crippen LogP contribution in [0.15, 0.2) is 60.2 Å². The number of aliphatic carboxylic acids is 1. The predicted octanol–water partition coefficient (Wildman–Crippen LogP) is 2.72. The van der Waals surface area contributed by atoms with E-state index in [9.17, 15) is 23.9 Å². The molecule has 0 aromatic heterocycles. The quantitative estimate of drug-likeness (QED) is 0.480. The van der Waals surface area contributed by atoms with E-state index in [1.165, 1.54) is 18.2 Å². The van der Waals surface area contributed by atoms with Crippen molar-refractivity contribution in [1.82, 2.24) is 4.90 Å². The van der Waals surface area contributed by atoms with Crippen molar-refractivity contribution in [2.24, 2.45) is 0 Å². The zero-order chi connectivity index (χ0) is 19.6. The fraction of sp³-hybridized carbons (Fsp3) is 0.150. The number of amides is 1. The molecular weight excluding hydrogens is 353 g/mol. The highest BCUT2D eigenvalue weighted by molar-refractivity contribution is 6.46. The second-order valence-electron chi connectivity index (χ2n) is 6.06. The van der Waals surface area contributed by atoms with Crippen LogP contribution >= 0.6 is 0 Å². The topological polar surface area (TPSA) is 94.9 Å². The smallest absolute Gasteiger partial charge is 0.305 e. The van der Waals surface area contributed by atoms with Crippen LogP contribution in [0.3, 0.4) is 0 Å². The minimum Gasteiger partial charge on any atom is -0.507 e. The molecule has 0 unspecified atom stereocenters. The van der Waals surface area contributed by atoms with E-state index >= 15 is 0 Å². The van der Waals surface area contributed by atoms with Crippen LogP contribution in [-0.4, -0.2) is 39.3 Å². The van der Waals surface area contributed by atoms with Gasteiger partial charge in [-0.25, -0.2) is 4.39 Å². The number of benzene rings is 2. The second-order valence-corrected chi connectivity index (χ2v) is 6.06. The number of hydrogen-bond donors (Lipinski definition) is 2. The molecule has 27 heavy (non-hydrogen) atoms. The van der Waals surface area contributed by atoms with Gasteiger partial charge in [0.25, 0.3) is 11.7 Å². The van der Waals surface area contributed by atoms with Crippen molar-refractivity contribution >= 4 is 23.4 Å². The van der Waals surface area contributed by atoms with Crippen molar-refractivity contribution < 1.29 is 29.0 Å². The zero-order valence-electron chi connectivity index (χ0n) is 14.1. The van der Waals surface area contributed by atoms with Crippen LogP contribution in [0.4, 0.5) is 4.39 Å². The minimum atomic E-state index is -1.14. The number of carboxylic acids is 1. The van der Waals surface area contributed by atoms with E-state index in [-0.39, 0.29) is 29.9 Å². The number of ketones is 1. The van der Waals surface area contributed by atoms with Crippen LogP contribution in [0.5, 0.6) is 0 Å². The summed E-state index contributed by atoms with van der Waals surface area (Å²) in [6, 6.07) is 12.4. The maximum Gasteiger partial charge on any atom is 0.305 e. The SMILES string of the molecule is O=C(O)CCN1C(=O)C(=O)C(=C(O)c2ccccc2)[C@@H]1c1cccc(F)c1. The van der Waals surface area contributed by atoms with Crippen molar-refractivity contribution in [2.45, 2.75) is 12.5 Å². The van der Waals surface area contributed by atoms with Crippen molar-refractivity contribution in [3.05, 3.63) is 77.1 Å². The molecule has 2 aromatic rings. The van der Waals surface area contributed by atoms with Gasteiger partial charge in [-0.1, -0.05) is 42.5 Å². The van der Waals surface area contributed by atoms with Gasteiger partial charge in [-0.15, -0.1) is 0 Å². The number of rotatable bonds is 5. The number of carboxylic acid groups (broad SMARTS) is 1. The highest BCUT2D eigenvalue weighted by Crippen LogP contribution is 2.39. The predicted molar refractivity (Wildman–Crippen MR) is 94.1 cm³/mol. The number of carbonyl (C=O) groups excluding carboxylic acids is 2. The molecule has 2 aromatic carbocycles. The Hall–Kier alpha value is -3.48. The van der Waals surface area contributed by atoms with Gasteiger partial charge >= 0.3 is 5.97 Å². The van der Waals surface area contributed by atoms with Crippen LogP contribution in [0, 0.1) is 5.82 Å². The molecule has 1 saturated heterocycles.